The minimum absolute atomic E-state index is 0.588. The summed E-state index contributed by atoms with van der Waals surface area (Å²) in [6.07, 6.45) is 5.03. The number of H-pyrrole nitrogens is 1. The van der Waals surface area contributed by atoms with E-state index in [0.717, 1.165) is 23.0 Å². The average Bonchev–Trinajstić information content (AvgIpc) is 3.48. The maximum absolute atomic E-state index is 4.61. The Kier molecular flexibility index (Phi) is 4.89. The van der Waals surface area contributed by atoms with Gasteiger partial charge in [-0.05, 0) is 43.4 Å². The first kappa shape index (κ1) is 18.1. The second-order valence-electron chi connectivity index (χ2n) is 8.21. The van der Waals surface area contributed by atoms with E-state index < -0.39 is 0 Å². The number of nitrogens with two attached hydrogens (primary N) is 1. The van der Waals surface area contributed by atoms with Crippen LogP contribution in [0.3, 0.4) is 0 Å². The SMILES string of the molecule is Cc1cc(Nc2cc(C3CC3)[nH]n2)nc(Nc2ccc(C3CC[NH2+]CC3)cc2)n1. The predicted molar refractivity (Wildman–Crippen MR) is 114 cm³/mol. The minimum Gasteiger partial charge on any atom is -0.346 e. The van der Waals surface area contributed by atoms with E-state index in [9.17, 15) is 0 Å². The van der Waals surface area contributed by atoms with Crippen LogP contribution < -0.4 is 16.0 Å². The second-order valence-corrected chi connectivity index (χ2v) is 8.21. The molecule has 7 nitrogen and oxygen atoms in total. The van der Waals surface area contributed by atoms with Gasteiger partial charge in [-0.2, -0.15) is 10.1 Å². The molecule has 2 aliphatic rings. The summed E-state index contributed by atoms with van der Waals surface area (Å²) < 4.78 is 0. The maximum atomic E-state index is 4.61. The normalized spacial score (nSPS) is 17.3. The van der Waals surface area contributed by atoms with Crippen LogP contribution in [0.15, 0.2) is 36.4 Å². The van der Waals surface area contributed by atoms with Crippen LogP contribution in [0.5, 0.6) is 0 Å². The Labute approximate surface area is 170 Å². The monoisotopic (exact) mass is 390 g/mol. The number of nitrogens with one attached hydrogen (secondary N) is 3. The number of aryl methyl sites for hydroxylation is 1. The van der Waals surface area contributed by atoms with Crippen molar-refractivity contribution in [1.82, 2.24) is 20.2 Å². The lowest BCUT2D eigenvalue weighted by molar-refractivity contribution is -0.663. The number of benzene rings is 1. The van der Waals surface area contributed by atoms with E-state index in [-0.39, 0.29) is 0 Å². The van der Waals surface area contributed by atoms with E-state index in [0.29, 0.717) is 17.8 Å². The van der Waals surface area contributed by atoms with Crippen LogP contribution in [-0.4, -0.2) is 33.3 Å². The summed E-state index contributed by atoms with van der Waals surface area (Å²) in [7, 11) is 0. The average molecular weight is 391 g/mol. The molecule has 5 N–H and O–H groups in total. The molecule has 0 radical (unpaired) electrons. The molecule has 0 atom stereocenters. The fourth-order valence-corrected chi connectivity index (χ4v) is 4.05. The van der Waals surface area contributed by atoms with Crippen molar-refractivity contribution in [3.05, 3.63) is 53.3 Å². The number of anilines is 4. The molecular weight excluding hydrogens is 362 g/mol. The summed E-state index contributed by atoms with van der Waals surface area (Å²) in [5.41, 5.74) is 4.54. The second kappa shape index (κ2) is 7.83. The van der Waals surface area contributed by atoms with Gasteiger partial charge in [0.15, 0.2) is 5.82 Å². The highest BCUT2D eigenvalue weighted by atomic mass is 15.2. The third-order valence-corrected chi connectivity index (χ3v) is 5.80. The number of aromatic nitrogens is 4. The van der Waals surface area contributed by atoms with Crippen molar-refractivity contribution in [2.24, 2.45) is 0 Å². The number of piperidine rings is 1. The molecule has 1 saturated carbocycles. The molecule has 1 aromatic carbocycles. The maximum Gasteiger partial charge on any atom is 0.229 e. The third-order valence-electron chi connectivity index (χ3n) is 5.80. The van der Waals surface area contributed by atoms with Crippen LogP contribution in [-0.2, 0) is 0 Å². The van der Waals surface area contributed by atoms with Crippen molar-refractivity contribution in [3.8, 4) is 0 Å². The minimum atomic E-state index is 0.588. The molecule has 3 heterocycles. The molecule has 7 heteroatoms. The predicted octanol–water partition coefficient (Wildman–Crippen LogP) is 3.31. The fourth-order valence-electron chi connectivity index (χ4n) is 4.05. The number of hydrogen-bond acceptors (Lipinski definition) is 5. The van der Waals surface area contributed by atoms with Gasteiger partial charge >= 0.3 is 0 Å². The zero-order valence-electron chi connectivity index (χ0n) is 16.8. The van der Waals surface area contributed by atoms with E-state index >= 15 is 0 Å². The van der Waals surface area contributed by atoms with Crippen molar-refractivity contribution in [2.45, 2.75) is 44.4 Å². The molecule has 0 amide bonds. The van der Waals surface area contributed by atoms with E-state index in [1.54, 1.807) is 0 Å². The van der Waals surface area contributed by atoms with Gasteiger partial charge < -0.3 is 16.0 Å². The largest absolute Gasteiger partial charge is 0.346 e. The first-order chi connectivity index (χ1) is 14.2. The fraction of sp³-hybridized carbons (Fsp3) is 0.409. The van der Waals surface area contributed by atoms with Crippen molar-refractivity contribution < 1.29 is 5.32 Å². The van der Waals surface area contributed by atoms with Gasteiger partial charge in [-0.15, -0.1) is 0 Å². The zero-order chi connectivity index (χ0) is 19.6. The van der Waals surface area contributed by atoms with Gasteiger partial charge in [-0.1, -0.05) is 12.1 Å². The first-order valence-corrected chi connectivity index (χ1v) is 10.6. The standard InChI is InChI=1S/C22H27N7/c1-14-12-20(26-21-13-19(28-29-21)17-2-3-17)27-22(24-14)25-18-6-4-15(5-7-18)16-8-10-23-11-9-16/h4-7,12-13,16-17,23H,2-3,8-11H2,1H3,(H3,24,25,26,27,28,29)/p+1. The Balaban J connectivity index is 1.27. The molecule has 29 heavy (non-hydrogen) atoms. The summed E-state index contributed by atoms with van der Waals surface area (Å²) in [5.74, 6) is 3.46. The van der Waals surface area contributed by atoms with Crippen LogP contribution in [0.25, 0.3) is 0 Å². The molecule has 0 spiro atoms. The molecule has 5 rings (SSSR count). The topological polar surface area (TPSA) is 95.1 Å². The Morgan fingerprint density at radius 1 is 0.897 bits per heavy atom. The molecule has 1 saturated heterocycles. The van der Waals surface area contributed by atoms with Crippen molar-refractivity contribution in [2.75, 3.05) is 23.7 Å². The van der Waals surface area contributed by atoms with Gasteiger partial charge in [0, 0.05) is 48.0 Å². The molecule has 1 aliphatic carbocycles. The van der Waals surface area contributed by atoms with Gasteiger partial charge in [-0.3, -0.25) is 5.10 Å². The Bertz CT molecular complexity index is 969. The van der Waals surface area contributed by atoms with Crippen LogP contribution in [0.1, 0.15) is 54.5 Å². The quantitative estimate of drug-likeness (QED) is 0.518. The lowest BCUT2D eigenvalue weighted by Crippen LogP contribution is -2.86. The number of hydrogen-bond donors (Lipinski definition) is 4. The first-order valence-electron chi connectivity index (χ1n) is 10.6. The lowest BCUT2D eigenvalue weighted by atomic mass is 9.90. The van der Waals surface area contributed by atoms with E-state index in [1.165, 1.54) is 50.0 Å². The molecule has 0 unspecified atom stereocenters. The molecular formula is C22H28N7+. The number of nitrogens with zero attached hydrogens (tertiary/aromatic N) is 3. The zero-order valence-corrected chi connectivity index (χ0v) is 16.8. The molecule has 1 aliphatic heterocycles. The Morgan fingerprint density at radius 2 is 1.69 bits per heavy atom. The van der Waals surface area contributed by atoms with E-state index in [2.05, 4.69) is 66.4 Å². The Hall–Kier alpha value is -2.93. The summed E-state index contributed by atoms with van der Waals surface area (Å²) in [4.78, 5) is 9.15. The van der Waals surface area contributed by atoms with Crippen LogP contribution in [0, 0.1) is 6.92 Å². The molecule has 2 fully saturated rings. The molecule has 3 aromatic rings. The summed E-state index contributed by atoms with van der Waals surface area (Å²) in [6.45, 7) is 4.44. The third kappa shape index (κ3) is 4.40. The Morgan fingerprint density at radius 3 is 2.45 bits per heavy atom. The molecule has 0 bridgehead atoms. The van der Waals surface area contributed by atoms with Gasteiger partial charge in [0.25, 0.3) is 0 Å². The van der Waals surface area contributed by atoms with E-state index in [1.807, 2.05) is 13.0 Å². The number of quaternary nitrogens is 1. The highest BCUT2D eigenvalue weighted by molar-refractivity contribution is 5.59. The van der Waals surface area contributed by atoms with Crippen LogP contribution >= 0.6 is 0 Å². The van der Waals surface area contributed by atoms with Crippen LogP contribution in [0.4, 0.5) is 23.3 Å². The van der Waals surface area contributed by atoms with Crippen molar-refractivity contribution in [1.29, 1.82) is 0 Å². The number of rotatable bonds is 6. The summed E-state index contributed by atoms with van der Waals surface area (Å²) in [6, 6.07) is 12.7. The van der Waals surface area contributed by atoms with Crippen LogP contribution in [0.2, 0.25) is 0 Å². The highest BCUT2D eigenvalue weighted by Crippen LogP contribution is 2.39. The lowest BCUT2D eigenvalue weighted by Gasteiger charge is -2.20. The molecule has 2 aromatic heterocycles. The molecule has 150 valence electrons. The highest BCUT2D eigenvalue weighted by Gasteiger charge is 2.25. The smallest absolute Gasteiger partial charge is 0.229 e. The van der Waals surface area contributed by atoms with Gasteiger partial charge in [0.1, 0.15) is 5.82 Å². The van der Waals surface area contributed by atoms with Crippen molar-refractivity contribution in [3.63, 3.8) is 0 Å². The number of aromatic amines is 1. The summed E-state index contributed by atoms with van der Waals surface area (Å²) in [5, 5.41) is 16.5. The van der Waals surface area contributed by atoms with Gasteiger partial charge in [-0.25, -0.2) is 4.98 Å². The van der Waals surface area contributed by atoms with Gasteiger partial charge in [0.05, 0.1) is 13.1 Å². The van der Waals surface area contributed by atoms with Crippen molar-refractivity contribution >= 4 is 23.3 Å². The van der Waals surface area contributed by atoms with E-state index in [4.69, 9.17) is 0 Å². The summed E-state index contributed by atoms with van der Waals surface area (Å²) >= 11 is 0. The van der Waals surface area contributed by atoms with Gasteiger partial charge in [0.2, 0.25) is 5.95 Å².